The van der Waals surface area contributed by atoms with E-state index < -0.39 is 11.9 Å². The molecule has 0 aliphatic carbocycles. The third-order valence-corrected chi connectivity index (χ3v) is 6.10. The summed E-state index contributed by atoms with van der Waals surface area (Å²) in [5, 5.41) is 0. The molecule has 0 radical (unpaired) electrons. The number of aryl methyl sites for hydroxylation is 1. The van der Waals surface area contributed by atoms with E-state index in [-0.39, 0.29) is 22.9 Å². The molecule has 0 unspecified atom stereocenters. The van der Waals surface area contributed by atoms with Crippen LogP contribution >= 0.6 is 24.0 Å². The van der Waals surface area contributed by atoms with E-state index in [0.29, 0.717) is 21.3 Å². The summed E-state index contributed by atoms with van der Waals surface area (Å²) in [5.41, 5.74) is 3.15. The van der Waals surface area contributed by atoms with Gasteiger partial charge in [-0.2, -0.15) is 0 Å². The van der Waals surface area contributed by atoms with E-state index in [9.17, 15) is 14.4 Å². The van der Waals surface area contributed by atoms with Crippen molar-refractivity contribution >= 4 is 63.0 Å². The number of fused-ring (bicyclic) bond motifs is 1. The number of hydrogen-bond acceptors (Lipinski definition) is 6. The molecule has 29 heavy (non-hydrogen) atoms. The Balaban J connectivity index is 1.79. The largest absolute Gasteiger partial charge is 0.468 e. The number of hydrogen-bond donors (Lipinski definition) is 0. The highest BCUT2D eigenvalue weighted by Gasteiger charge is 2.42. The summed E-state index contributed by atoms with van der Waals surface area (Å²) in [6.45, 7) is 1.73. The Morgan fingerprint density at radius 2 is 1.76 bits per heavy atom. The van der Waals surface area contributed by atoms with Gasteiger partial charge < -0.3 is 4.74 Å². The number of nitrogens with zero attached hydrogens (tertiary/aromatic N) is 2. The molecule has 2 aromatic carbocycles. The number of amides is 2. The van der Waals surface area contributed by atoms with Crippen molar-refractivity contribution in [2.24, 2.45) is 0 Å². The fraction of sp³-hybridized carbons (Fsp3) is 0.143. The fourth-order valence-electron chi connectivity index (χ4n) is 3.29. The topological polar surface area (TPSA) is 66.9 Å². The lowest BCUT2D eigenvalue weighted by Gasteiger charge is -2.15. The molecule has 0 bridgehead atoms. The number of carbonyl (C=O) groups excluding carboxylic acids is 3. The van der Waals surface area contributed by atoms with Crippen LogP contribution in [0.15, 0.2) is 53.4 Å². The zero-order valence-electron chi connectivity index (χ0n) is 15.7. The number of thiocarbonyl (C=S) groups is 1. The third-order valence-electron chi connectivity index (χ3n) is 4.73. The first-order chi connectivity index (χ1) is 13.9. The molecule has 8 heteroatoms. The molecule has 4 rings (SSSR count). The second-order valence-corrected chi connectivity index (χ2v) is 8.18. The molecule has 146 valence electrons. The first-order valence-corrected chi connectivity index (χ1v) is 10.00. The summed E-state index contributed by atoms with van der Waals surface area (Å²) >= 11 is 6.53. The molecule has 6 nitrogen and oxygen atoms in total. The van der Waals surface area contributed by atoms with Gasteiger partial charge in [0.1, 0.15) is 6.54 Å². The molecule has 2 aromatic rings. The highest BCUT2D eigenvalue weighted by Crippen LogP contribution is 2.45. The Morgan fingerprint density at radius 1 is 1.07 bits per heavy atom. The van der Waals surface area contributed by atoms with Crippen molar-refractivity contribution in [3.05, 3.63) is 64.6 Å². The lowest BCUT2D eigenvalue weighted by molar-refractivity contribution is -0.139. The van der Waals surface area contributed by atoms with Crippen LogP contribution in [-0.4, -0.2) is 35.8 Å². The Hall–Kier alpha value is -2.97. The Morgan fingerprint density at radius 3 is 2.45 bits per heavy atom. The van der Waals surface area contributed by atoms with Gasteiger partial charge in [0.25, 0.3) is 11.8 Å². The SMILES string of the molecule is COC(=O)CN1C(=O)/C(=C2\SC(=S)N(c3ccc(C)cc3)C2=O)c2ccccc21. The number of ether oxygens (including phenoxy) is 1. The number of methoxy groups -OCH3 is 1. The Kier molecular flexibility index (Phi) is 4.97. The highest BCUT2D eigenvalue weighted by atomic mass is 32.2. The maximum absolute atomic E-state index is 13.2. The third kappa shape index (κ3) is 3.24. The molecule has 0 spiro atoms. The van der Waals surface area contributed by atoms with Gasteiger partial charge in [0, 0.05) is 5.56 Å². The predicted molar refractivity (Wildman–Crippen MR) is 117 cm³/mol. The second kappa shape index (κ2) is 7.46. The van der Waals surface area contributed by atoms with Gasteiger partial charge in [-0.1, -0.05) is 59.9 Å². The van der Waals surface area contributed by atoms with Crippen LogP contribution in [0.5, 0.6) is 0 Å². The second-order valence-electron chi connectivity index (χ2n) is 6.53. The maximum atomic E-state index is 13.2. The smallest absolute Gasteiger partial charge is 0.325 e. The minimum atomic E-state index is -0.540. The summed E-state index contributed by atoms with van der Waals surface area (Å²) in [6, 6.07) is 14.5. The van der Waals surface area contributed by atoms with Crippen molar-refractivity contribution in [2.75, 3.05) is 23.5 Å². The van der Waals surface area contributed by atoms with E-state index in [0.717, 1.165) is 17.3 Å². The van der Waals surface area contributed by atoms with Crippen LogP contribution in [0.3, 0.4) is 0 Å². The molecule has 0 N–H and O–H groups in total. The summed E-state index contributed by atoms with van der Waals surface area (Å²) in [7, 11) is 1.27. The molecule has 2 amide bonds. The maximum Gasteiger partial charge on any atom is 0.325 e. The quantitative estimate of drug-likeness (QED) is 0.428. The van der Waals surface area contributed by atoms with Gasteiger partial charge in [-0.15, -0.1) is 0 Å². The molecule has 2 aliphatic heterocycles. The molecule has 0 aromatic heterocycles. The normalized spacial score (nSPS) is 18.5. The summed E-state index contributed by atoms with van der Waals surface area (Å²) in [4.78, 5) is 41.2. The van der Waals surface area contributed by atoms with E-state index >= 15 is 0 Å². The standard InChI is InChI=1S/C21H16N2O4S2/c1-12-7-9-13(10-8-12)23-20(26)18(29-21(23)28)17-14-5-3-4-6-15(14)22(19(17)25)11-16(24)27-2/h3-10H,11H2,1-2H3/b18-17-. The van der Waals surface area contributed by atoms with E-state index in [4.69, 9.17) is 17.0 Å². The molecule has 0 atom stereocenters. The summed E-state index contributed by atoms with van der Waals surface area (Å²) in [6.07, 6.45) is 0. The van der Waals surface area contributed by atoms with Crippen molar-refractivity contribution in [2.45, 2.75) is 6.92 Å². The van der Waals surface area contributed by atoms with Gasteiger partial charge in [-0.25, -0.2) is 0 Å². The Bertz CT molecular complexity index is 1090. The molecular weight excluding hydrogens is 408 g/mol. The molecule has 1 fully saturated rings. The van der Waals surface area contributed by atoms with Gasteiger partial charge in [0.2, 0.25) is 0 Å². The van der Waals surface area contributed by atoms with Gasteiger partial charge in [-0.05, 0) is 25.1 Å². The number of esters is 1. The lowest BCUT2D eigenvalue weighted by atomic mass is 10.1. The van der Waals surface area contributed by atoms with Crippen LogP contribution < -0.4 is 9.80 Å². The lowest BCUT2D eigenvalue weighted by Crippen LogP contribution is -2.33. The minimum Gasteiger partial charge on any atom is -0.468 e. The predicted octanol–water partition coefficient (Wildman–Crippen LogP) is 3.29. The van der Waals surface area contributed by atoms with Crippen LogP contribution in [0.1, 0.15) is 11.1 Å². The number of benzene rings is 2. The number of rotatable bonds is 3. The number of anilines is 2. The van der Waals surface area contributed by atoms with Gasteiger partial charge >= 0.3 is 5.97 Å². The van der Waals surface area contributed by atoms with E-state index in [1.807, 2.05) is 31.2 Å². The molecule has 0 saturated carbocycles. The molecule has 2 aliphatic rings. The average molecular weight is 425 g/mol. The fourth-order valence-corrected chi connectivity index (χ4v) is 4.66. The van der Waals surface area contributed by atoms with Crippen LogP contribution in [0.25, 0.3) is 5.57 Å². The zero-order chi connectivity index (χ0) is 20.7. The van der Waals surface area contributed by atoms with Gasteiger partial charge in [-0.3, -0.25) is 24.2 Å². The van der Waals surface area contributed by atoms with E-state index in [2.05, 4.69) is 0 Å². The van der Waals surface area contributed by atoms with Crippen molar-refractivity contribution in [3.8, 4) is 0 Å². The zero-order valence-corrected chi connectivity index (χ0v) is 17.3. The van der Waals surface area contributed by atoms with E-state index in [1.54, 1.807) is 24.3 Å². The summed E-state index contributed by atoms with van der Waals surface area (Å²) in [5.74, 6) is -1.30. The Labute approximate surface area is 177 Å². The summed E-state index contributed by atoms with van der Waals surface area (Å²) < 4.78 is 5.07. The van der Waals surface area contributed by atoms with Crippen molar-refractivity contribution in [1.82, 2.24) is 0 Å². The average Bonchev–Trinajstić information content (AvgIpc) is 3.15. The monoisotopic (exact) mass is 424 g/mol. The van der Waals surface area contributed by atoms with Gasteiger partial charge in [0.15, 0.2) is 4.32 Å². The highest BCUT2D eigenvalue weighted by molar-refractivity contribution is 8.27. The van der Waals surface area contributed by atoms with Crippen LogP contribution in [-0.2, 0) is 19.1 Å². The number of para-hydroxylation sites is 1. The van der Waals surface area contributed by atoms with Crippen LogP contribution in [0, 0.1) is 6.92 Å². The molecule has 1 saturated heterocycles. The van der Waals surface area contributed by atoms with Crippen molar-refractivity contribution in [3.63, 3.8) is 0 Å². The van der Waals surface area contributed by atoms with Crippen molar-refractivity contribution < 1.29 is 19.1 Å². The first-order valence-electron chi connectivity index (χ1n) is 8.77. The van der Waals surface area contributed by atoms with Crippen LogP contribution in [0.4, 0.5) is 11.4 Å². The molecular formula is C21H16N2O4S2. The number of carbonyl (C=O) groups is 3. The van der Waals surface area contributed by atoms with Gasteiger partial charge in [0.05, 0.1) is 29.0 Å². The van der Waals surface area contributed by atoms with Crippen molar-refractivity contribution in [1.29, 1.82) is 0 Å². The number of thioether (sulfide) groups is 1. The minimum absolute atomic E-state index is 0.228. The van der Waals surface area contributed by atoms with E-state index in [1.165, 1.54) is 16.9 Å². The molecule has 2 heterocycles. The first kappa shape index (κ1) is 19.4. The van der Waals surface area contributed by atoms with Crippen LogP contribution in [0.2, 0.25) is 0 Å².